The Balaban J connectivity index is 1.41. The second-order valence-corrected chi connectivity index (χ2v) is 7.10. The summed E-state index contributed by atoms with van der Waals surface area (Å²) in [7, 11) is 1.62. The number of nitrogens with zero attached hydrogens (tertiary/aromatic N) is 3. The van der Waals surface area contributed by atoms with Crippen molar-refractivity contribution in [3.63, 3.8) is 0 Å². The molecule has 0 unspecified atom stereocenters. The first-order chi connectivity index (χ1) is 13.7. The SMILES string of the molecule is COc1cccc(CNC(=O)CCn2ccn3nc4c(c3c2=O)CCCC4)c1. The number of fused-ring (bicyclic) bond motifs is 3. The van der Waals surface area contributed by atoms with Gasteiger partial charge < -0.3 is 14.6 Å². The van der Waals surface area contributed by atoms with Crippen LogP contribution in [-0.4, -0.2) is 27.2 Å². The zero-order chi connectivity index (χ0) is 19.5. The monoisotopic (exact) mass is 380 g/mol. The van der Waals surface area contributed by atoms with Crippen LogP contribution >= 0.6 is 0 Å². The van der Waals surface area contributed by atoms with Crippen molar-refractivity contribution in [2.24, 2.45) is 0 Å². The van der Waals surface area contributed by atoms with Crippen LogP contribution < -0.4 is 15.6 Å². The van der Waals surface area contributed by atoms with Crippen LogP contribution in [0.3, 0.4) is 0 Å². The van der Waals surface area contributed by atoms with Crippen LogP contribution in [0, 0.1) is 0 Å². The summed E-state index contributed by atoms with van der Waals surface area (Å²) in [6.45, 7) is 0.777. The standard InChI is InChI=1S/C21H24N4O3/c1-28-16-6-4-5-15(13-16)14-22-19(26)9-10-24-11-12-25-20(21(24)27)17-7-2-3-8-18(17)23-25/h4-6,11-13H,2-3,7-10,14H2,1H3,(H,22,26). The number of methoxy groups -OCH3 is 1. The van der Waals surface area contributed by atoms with Crippen molar-refractivity contribution in [2.45, 2.75) is 45.2 Å². The molecule has 0 saturated carbocycles. The van der Waals surface area contributed by atoms with Gasteiger partial charge in [0.05, 0.1) is 12.8 Å². The molecule has 0 atom stereocenters. The maximum Gasteiger partial charge on any atom is 0.276 e. The van der Waals surface area contributed by atoms with Gasteiger partial charge in [-0.1, -0.05) is 12.1 Å². The van der Waals surface area contributed by atoms with Crippen molar-refractivity contribution in [2.75, 3.05) is 7.11 Å². The van der Waals surface area contributed by atoms with Crippen molar-refractivity contribution < 1.29 is 9.53 Å². The molecule has 0 bridgehead atoms. The van der Waals surface area contributed by atoms with Gasteiger partial charge in [0.15, 0.2) is 0 Å². The third-order valence-electron chi connectivity index (χ3n) is 5.24. The summed E-state index contributed by atoms with van der Waals surface area (Å²) in [5, 5.41) is 7.44. The number of ether oxygens (including phenoxy) is 1. The average Bonchev–Trinajstić information content (AvgIpc) is 3.11. The van der Waals surface area contributed by atoms with Gasteiger partial charge in [0.25, 0.3) is 5.56 Å². The molecule has 2 heterocycles. The highest BCUT2D eigenvalue weighted by Gasteiger charge is 2.19. The number of carbonyl (C=O) groups excluding carboxylic acids is 1. The second-order valence-electron chi connectivity index (χ2n) is 7.10. The number of aromatic nitrogens is 3. The number of nitrogens with one attached hydrogen (secondary N) is 1. The molecule has 0 aliphatic heterocycles. The molecule has 28 heavy (non-hydrogen) atoms. The highest BCUT2D eigenvalue weighted by Crippen LogP contribution is 2.22. The molecule has 2 aromatic heterocycles. The Labute approximate surface area is 162 Å². The highest BCUT2D eigenvalue weighted by molar-refractivity contribution is 5.75. The van der Waals surface area contributed by atoms with Gasteiger partial charge in [-0.2, -0.15) is 5.10 Å². The van der Waals surface area contributed by atoms with E-state index < -0.39 is 0 Å². The predicted molar refractivity (Wildman–Crippen MR) is 106 cm³/mol. The molecule has 0 radical (unpaired) electrons. The van der Waals surface area contributed by atoms with Crippen LogP contribution in [0.25, 0.3) is 5.52 Å². The molecular formula is C21H24N4O3. The normalized spacial score (nSPS) is 13.3. The number of hydrogen-bond donors (Lipinski definition) is 1. The van der Waals surface area contributed by atoms with Crippen LogP contribution in [0.5, 0.6) is 5.75 Å². The number of amides is 1. The second kappa shape index (κ2) is 7.88. The van der Waals surface area contributed by atoms with Crippen molar-refractivity contribution in [3.05, 3.63) is 63.8 Å². The molecule has 0 saturated heterocycles. The van der Waals surface area contributed by atoms with E-state index in [0.717, 1.165) is 48.3 Å². The van der Waals surface area contributed by atoms with Gasteiger partial charge in [0, 0.05) is 37.5 Å². The molecule has 1 aliphatic rings. The van der Waals surface area contributed by atoms with E-state index in [9.17, 15) is 9.59 Å². The van der Waals surface area contributed by atoms with Gasteiger partial charge in [-0.05, 0) is 43.4 Å². The first-order valence-corrected chi connectivity index (χ1v) is 9.65. The smallest absolute Gasteiger partial charge is 0.276 e. The van der Waals surface area contributed by atoms with Crippen LogP contribution in [0.4, 0.5) is 0 Å². The minimum absolute atomic E-state index is 0.0706. The lowest BCUT2D eigenvalue weighted by Gasteiger charge is -2.10. The topological polar surface area (TPSA) is 77.6 Å². The minimum atomic E-state index is -0.0925. The van der Waals surface area contributed by atoms with E-state index in [1.54, 1.807) is 22.4 Å². The molecule has 1 aromatic carbocycles. The molecule has 0 fully saturated rings. The highest BCUT2D eigenvalue weighted by atomic mass is 16.5. The average molecular weight is 380 g/mol. The van der Waals surface area contributed by atoms with E-state index in [1.165, 1.54) is 0 Å². The van der Waals surface area contributed by atoms with Gasteiger partial charge in [0.2, 0.25) is 5.91 Å². The van der Waals surface area contributed by atoms with Crippen LogP contribution in [0.1, 0.15) is 36.1 Å². The van der Waals surface area contributed by atoms with Gasteiger partial charge in [-0.25, -0.2) is 4.52 Å². The molecule has 0 spiro atoms. The lowest BCUT2D eigenvalue weighted by molar-refractivity contribution is -0.121. The third-order valence-corrected chi connectivity index (χ3v) is 5.24. The first kappa shape index (κ1) is 18.3. The molecule has 3 aromatic rings. The zero-order valence-electron chi connectivity index (χ0n) is 16.0. The summed E-state index contributed by atoms with van der Waals surface area (Å²) in [4.78, 5) is 25.1. The lowest BCUT2D eigenvalue weighted by Crippen LogP contribution is -2.27. The largest absolute Gasteiger partial charge is 0.497 e. The van der Waals surface area contributed by atoms with Gasteiger partial charge in [-0.3, -0.25) is 9.59 Å². The number of benzene rings is 1. The summed E-state index contributed by atoms with van der Waals surface area (Å²) < 4.78 is 8.49. The fourth-order valence-electron chi connectivity index (χ4n) is 3.72. The first-order valence-electron chi connectivity index (χ1n) is 9.65. The Kier molecular flexibility index (Phi) is 5.14. The van der Waals surface area contributed by atoms with Crippen molar-refractivity contribution >= 4 is 11.4 Å². The lowest BCUT2D eigenvalue weighted by atomic mass is 9.97. The Morgan fingerprint density at radius 1 is 1.25 bits per heavy atom. The quantitative estimate of drug-likeness (QED) is 0.710. The number of carbonyl (C=O) groups is 1. The van der Waals surface area contributed by atoms with E-state index in [-0.39, 0.29) is 17.9 Å². The number of aryl methyl sites for hydroxylation is 3. The van der Waals surface area contributed by atoms with Gasteiger partial charge in [-0.15, -0.1) is 0 Å². The molecule has 1 amide bonds. The van der Waals surface area contributed by atoms with Crippen LogP contribution in [0.15, 0.2) is 41.5 Å². The summed E-state index contributed by atoms with van der Waals surface area (Å²) >= 11 is 0. The fourth-order valence-corrected chi connectivity index (χ4v) is 3.72. The molecule has 1 N–H and O–H groups in total. The molecule has 1 aliphatic carbocycles. The summed E-state index contributed by atoms with van der Waals surface area (Å²) in [6.07, 6.45) is 7.82. The van der Waals surface area contributed by atoms with E-state index >= 15 is 0 Å². The molecule has 7 heteroatoms. The van der Waals surface area contributed by atoms with Crippen LogP contribution in [-0.2, 0) is 30.7 Å². The molecular weight excluding hydrogens is 356 g/mol. The maximum atomic E-state index is 12.9. The third kappa shape index (κ3) is 3.65. The Hall–Kier alpha value is -3.09. The van der Waals surface area contributed by atoms with Gasteiger partial charge in [0.1, 0.15) is 11.3 Å². The maximum absolute atomic E-state index is 12.9. The zero-order valence-corrected chi connectivity index (χ0v) is 16.0. The van der Waals surface area contributed by atoms with Crippen molar-refractivity contribution in [1.82, 2.24) is 19.5 Å². The Morgan fingerprint density at radius 3 is 2.96 bits per heavy atom. The summed E-state index contributed by atoms with van der Waals surface area (Å²) in [5.41, 5.74) is 3.68. The van der Waals surface area contributed by atoms with E-state index in [4.69, 9.17) is 4.74 Å². The summed E-state index contributed by atoms with van der Waals surface area (Å²) in [6, 6.07) is 7.58. The van der Waals surface area contributed by atoms with Crippen LogP contribution in [0.2, 0.25) is 0 Å². The minimum Gasteiger partial charge on any atom is -0.497 e. The molecule has 7 nitrogen and oxygen atoms in total. The Morgan fingerprint density at radius 2 is 2.11 bits per heavy atom. The number of rotatable bonds is 6. The molecule has 146 valence electrons. The van der Waals surface area contributed by atoms with E-state index in [1.807, 2.05) is 30.5 Å². The Bertz CT molecular complexity index is 1070. The van der Waals surface area contributed by atoms with Crippen molar-refractivity contribution in [1.29, 1.82) is 0 Å². The molecule has 4 rings (SSSR count). The van der Waals surface area contributed by atoms with E-state index in [2.05, 4.69) is 10.4 Å². The summed E-state index contributed by atoms with van der Waals surface area (Å²) in [5.74, 6) is 0.667. The van der Waals surface area contributed by atoms with Gasteiger partial charge >= 0.3 is 0 Å². The number of hydrogen-bond acceptors (Lipinski definition) is 4. The van der Waals surface area contributed by atoms with Crippen molar-refractivity contribution in [3.8, 4) is 5.75 Å². The predicted octanol–water partition coefficient (Wildman–Crippen LogP) is 2.09. The van der Waals surface area contributed by atoms with E-state index in [0.29, 0.717) is 18.6 Å². The fraction of sp³-hybridized carbons (Fsp3) is 0.381.